The van der Waals surface area contributed by atoms with Crippen LogP contribution in [0.15, 0.2) is 109 Å². The lowest BCUT2D eigenvalue weighted by atomic mass is 9.74. The molecule has 33 heteroatoms. The SMILES string of the molecule is CC[N+]1=C(/C=C/C=C/C=C2/N(CCCCCC(=O)Oc3c(F)c(F)c(S(=O)(=O)O)c(F)c3F)c3ccc4c(S(=O)(=O)O)cc(S(=O)(=O)O)cc4c3C2(C)CCOC)C(C)(CCCS(=O)(=O)O)c2c1ccc1c(S(=O)(=O)O)cc(S(=O)(=O)O)cc21. The Kier molecular flexibility index (Phi) is 18.4. The van der Waals surface area contributed by atoms with Crippen LogP contribution >= 0.6 is 0 Å². The number of carbonyl (C=O) groups is 1. The van der Waals surface area contributed by atoms with Crippen LogP contribution in [0.4, 0.5) is 28.9 Å². The summed E-state index contributed by atoms with van der Waals surface area (Å²) in [6.45, 7) is 5.35. The minimum absolute atomic E-state index is 0.00788. The zero-order valence-corrected chi connectivity index (χ0v) is 49.3. The highest BCUT2D eigenvalue weighted by molar-refractivity contribution is 7.87. The second-order valence-electron chi connectivity index (χ2n) is 19.9. The Morgan fingerprint density at radius 3 is 1.67 bits per heavy atom. The van der Waals surface area contributed by atoms with Gasteiger partial charge in [0.05, 0.1) is 21.0 Å². The van der Waals surface area contributed by atoms with E-state index in [-0.39, 0.29) is 90.9 Å². The van der Waals surface area contributed by atoms with Gasteiger partial charge in [0, 0.05) is 72.0 Å². The molecule has 2 aliphatic rings. The summed E-state index contributed by atoms with van der Waals surface area (Å²) in [7, 11) is -29.6. The molecule has 6 N–H and O–H groups in total. The van der Waals surface area contributed by atoms with Crippen LogP contribution in [-0.2, 0) is 81.1 Å². The van der Waals surface area contributed by atoms with E-state index in [1.807, 2.05) is 0 Å². The summed E-state index contributed by atoms with van der Waals surface area (Å²) in [6.07, 6.45) is 7.25. The second-order valence-corrected chi connectivity index (χ2v) is 28.5. The molecule has 2 atom stereocenters. The van der Waals surface area contributed by atoms with Crippen LogP contribution < -0.4 is 9.64 Å². The van der Waals surface area contributed by atoms with Crippen molar-refractivity contribution < 1.29 is 114 Å². The van der Waals surface area contributed by atoms with Crippen LogP contribution in [0.3, 0.4) is 0 Å². The third-order valence-electron chi connectivity index (χ3n) is 14.5. The second kappa shape index (κ2) is 23.6. The maximum absolute atomic E-state index is 14.7. The van der Waals surface area contributed by atoms with Crippen molar-refractivity contribution in [2.45, 2.75) is 101 Å². The number of benzene rings is 5. The molecule has 7 rings (SSSR count). The van der Waals surface area contributed by atoms with E-state index in [0.29, 0.717) is 34.9 Å². The van der Waals surface area contributed by atoms with Crippen molar-refractivity contribution in [3.63, 3.8) is 0 Å². The minimum Gasteiger partial charge on any atom is -0.420 e. The number of carbonyl (C=O) groups excluding carboxylic acids is 1. The first-order chi connectivity index (χ1) is 38.7. The van der Waals surface area contributed by atoms with E-state index < -0.39 is 143 Å². The summed E-state index contributed by atoms with van der Waals surface area (Å²) >= 11 is 0. The van der Waals surface area contributed by atoms with Gasteiger partial charge in [-0.3, -0.25) is 32.1 Å². The molecule has 0 radical (unpaired) electrons. The number of halogens is 4. The van der Waals surface area contributed by atoms with Crippen molar-refractivity contribution in [2.24, 2.45) is 0 Å². The Balaban J connectivity index is 1.31. The number of rotatable bonds is 23. The topological polar surface area (TPSA) is 368 Å². The lowest BCUT2D eigenvalue weighted by Crippen LogP contribution is -2.32. The molecule has 0 saturated heterocycles. The third kappa shape index (κ3) is 13.0. The summed E-state index contributed by atoms with van der Waals surface area (Å²) in [5.74, 6) is -14.0. The van der Waals surface area contributed by atoms with Crippen molar-refractivity contribution in [3.05, 3.63) is 119 Å². The van der Waals surface area contributed by atoms with Gasteiger partial charge in [-0.15, -0.1) is 0 Å². The Hall–Kier alpha value is -6.08. The fraction of sp³-hybridized carbons (Fsp3) is 0.333. The number of allylic oxidation sites excluding steroid dienone is 6. The van der Waals surface area contributed by atoms with E-state index >= 15 is 0 Å². The molecule has 2 unspecified atom stereocenters. The van der Waals surface area contributed by atoms with Crippen molar-refractivity contribution in [1.29, 1.82) is 0 Å². The van der Waals surface area contributed by atoms with Gasteiger partial charge in [0.25, 0.3) is 50.6 Å². The number of fused-ring (bicyclic) bond motifs is 6. The number of anilines is 1. The number of unbranched alkanes of at least 4 members (excludes halogenated alkanes) is 2. The number of hydrogen-bond donors (Lipinski definition) is 6. The summed E-state index contributed by atoms with van der Waals surface area (Å²) in [5, 5.41) is -0.399. The van der Waals surface area contributed by atoms with E-state index in [2.05, 4.69) is 4.74 Å². The highest BCUT2D eigenvalue weighted by Crippen LogP contribution is 2.54. The molecule has 0 spiro atoms. The van der Waals surface area contributed by atoms with Crippen molar-refractivity contribution in [2.75, 3.05) is 37.5 Å². The normalized spacial score (nSPS) is 18.5. The zero-order valence-electron chi connectivity index (χ0n) is 44.4. The van der Waals surface area contributed by atoms with Crippen molar-refractivity contribution >= 4 is 105 Å². The van der Waals surface area contributed by atoms with Gasteiger partial charge in [-0.2, -0.15) is 63.9 Å². The fourth-order valence-electron chi connectivity index (χ4n) is 10.9. The molecule has 0 fully saturated rings. The van der Waals surface area contributed by atoms with Crippen LogP contribution in [0.25, 0.3) is 21.5 Å². The lowest BCUT2D eigenvalue weighted by molar-refractivity contribution is -0.433. The van der Waals surface area contributed by atoms with Gasteiger partial charge in [-0.25, -0.2) is 8.78 Å². The summed E-state index contributed by atoms with van der Waals surface area (Å²) in [5.41, 5.74) is -0.455. The van der Waals surface area contributed by atoms with Crippen LogP contribution in [0.1, 0.15) is 76.8 Å². The molecule has 2 aliphatic heterocycles. The molecular weight excluding hydrogens is 1240 g/mol. The Morgan fingerprint density at radius 2 is 1.17 bits per heavy atom. The van der Waals surface area contributed by atoms with Gasteiger partial charge in [0.1, 0.15) is 16.3 Å². The summed E-state index contributed by atoms with van der Waals surface area (Å²) < 4.78 is 278. The molecule has 456 valence electrons. The maximum atomic E-state index is 14.7. The Morgan fingerprint density at radius 1 is 0.619 bits per heavy atom. The van der Waals surface area contributed by atoms with Crippen LogP contribution in [-0.4, -0.2) is 127 Å². The number of nitrogens with zero attached hydrogens (tertiary/aromatic N) is 2. The first kappa shape index (κ1) is 65.5. The number of hydrogen-bond acceptors (Lipinski definition) is 16. The highest BCUT2D eigenvalue weighted by Gasteiger charge is 2.49. The summed E-state index contributed by atoms with van der Waals surface area (Å²) in [6, 6.07) is 8.80. The zero-order chi connectivity index (χ0) is 62.7. The molecule has 84 heavy (non-hydrogen) atoms. The Bertz CT molecular complexity index is 4410. The van der Waals surface area contributed by atoms with Crippen LogP contribution in [0, 0.1) is 23.3 Å². The third-order valence-corrected chi connectivity index (χ3v) is 19.6. The molecule has 0 aliphatic carbocycles. The molecule has 5 aromatic carbocycles. The largest absolute Gasteiger partial charge is 0.420 e. The van der Waals surface area contributed by atoms with E-state index in [1.54, 1.807) is 60.6 Å². The van der Waals surface area contributed by atoms with Gasteiger partial charge < -0.3 is 14.4 Å². The fourth-order valence-corrected chi connectivity index (χ4v) is 14.7. The first-order valence-corrected chi connectivity index (χ1v) is 33.6. The molecule has 0 aromatic heterocycles. The number of esters is 1. The van der Waals surface area contributed by atoms with Gasteiger partial charge in [-0.1, -0.05) is 30.7 Å². The Labute approximate surface area is 480 Å². The molecule has 0 bridgehead atoms. The molecule has 0 amide bonds. The average molecular weight is 1300 g/mol. The standard InChI is InChI=1S/C51H52F4N2O21S6/c1-5-56-35-18-16-31-33(25-29(80(62,63)64)27-37(31)82(68,69)70)42(35)50(2,20-12-24-79(59,60)61)39(56)13-8-6-9-14-40-51(3,21-23-77-4)43-34-26-30(81(65,66)67)28-38(83(71,72)73)32(34)17-19-36(43)57(40)22-11-7-10-15-41(58)78-48-44(52)46(54)49(84(74,75)76)47(55)45(48)53/h6,8-9,13-14,16-19,25-28H,5,7,10-12,15,20-24H2,1-4H3,(H5-,59,60,61,62,63,64,65,66,67,68,69,70,71,72,73,74,75,76)/p+1. The first-order valence-electron chi connectivity index (χ1n) is 24.8. The van der Waals surface area contributed by atoms with Crippen LogP contribution in [0.5, 0.6) is 5.75 Å². The maximum Gasteiger partial charge on any atom is 0.311 e. The monoisotopic (exact) mass is 1300 g/mol. The predicted octanol–water partition coefficient (Wildman–Crippen LogP) is 7.80. The van der Waals surface area contributed by atoms with Crippen molar-refractivity contribution in [3.8, 4) is 5.75 Å². The molecule has 23 nitrogen and oxygen atoms in total. The highest BCUT2D eigenvalue weighted by atomic mass is 32.2. The molecular formula is C51H53F4N2O21S6+. The lowest BCUT2D eigenvalue weighted by Gasteiger charge is -2.30. The van der Waals surface area contributed by atoms with E-state index in [4.69, 9.17) is 9.29 Å². The van der Waals surface area contributed by atoms with Gasteiger partial charge in [-0.05, 0) is 112 Å². The predicted molar refractivity (Wildman–Crippen MR) is 293 cm³/mol. The van der Waals surface area contributed by atoms with Gasteiger partial charge >= 0.3 is 16.1 Å². The van der Waals surface area contributed by atoms with Gasteiger partial charge in [0.15, 0.2) is 22.2 Å². The van der Waals surface area contributed by atoms with Crippen LogP contribution in [0.2, 0.25) is 0 Å². The van der Waals surface area contributed by atoms with E-state index in [9.17, 15) is 95.6 Å². The van der Waals surface area contributed by atoms with Gasteiger partial charge in [0.2, 0.25) is 23.1 Å². The summed E-state index contributed by atoms with van der Waals surface area (Å²) in [4.78, 5) is 8.64. The smallest absolute Gasteiger partial charge is 0.311 e. The van der Waals surface area contributed by atoms with Crippen molar-refractivity contribution in [1.82, 2.24) is 0 Å². The van der Waals surface area contributed by atoms with E-state index in [0.717, 1.165) is 12.1 Å². The quantitative estimate of drug-likeness (QED) is 0.00530. The number of methoxy groups -OCH3 is 1. The average Bonchev–Trinajstić information content (AvgIpc) is 1.58. The number of ether oxygens (including phenoxy) is 2. The van der Waals surface area contributed by atoms with E-state index in [1.165, 1.54) is 31.4 Å². The molecule has 0 saturated carbocycles. The molecule has 2 heterocycles. The molecule has 5 aromatic rings. The minimum atomic E-state index is -5.81.